The highest BCUT2D eigenvalue weighted by Crippen LogP contribution is 2.33. The SMILES string of the molecule is [SiH3]C1(c2ccc(-c3ccccc3)cc2)CCCCO1. The van der Waals surface area contributed by atoms with Gasteiger partial charge in [0.2, 0.25) is 0 Å². The molecule has 2 heteroatoms. The Morgan fingerprint density at radius 2 is 1.53 bits per heavy atom. The van der Waals surface area contributed by atoms with E-state index in [2.05, 4.69) is 54.6 Å². The van der Waals surface area contributed by atoms with Crippen molar-refractivity contribution in [3.05, 3.63) is 60.2 Å². The van der Waals surface area contributed by atoms with Gasteiger partial charge in [0.15, 0.2) is 0 Å². The number of ether oxygens (including phenoxy) is 1. The summed E-state index contributed by atoms with van der Waals surface area (Å²) in [5.74, 6) is 0. The molecule has 0 aliphatic carbocycles. The first-order valence-corrected chi connectivity index (χ1v) is 8.08. The Labute approximate surface area is 118 Å². The molecule has 98 valence electrons. The molecule has 1 nitrogen and oxygen atoms in total. The summed E-state index contributed by atoms with van der Waals surface area (Å²) in [5.41, 5.74) is 3.92. The van der Waals surface area contributed by atoms with Crippen LogP contribution in [0.25, 0.3) is 11.1 Å². The van der Waals surface area contributed by atoms with Gasteiger partial charge in [-0.3, -0.25) is 0 Å². The average Bonchev–Trinajstić information content (AvgIpc) is 2.49. The quantitative estimate of drug-likeness (QED) is 0.761. The van der Waals surface area contributed by atoms with E-state index in [-0.39, 0.29) is 5.22 Å². The van der Waals surface area contributed by atoms with Crippen molar-refractivity contribution in [2.75, 3.05) is 6.61 Å². The van der Waals surface area contributed by atoms with Crippen molar-refractivity contribution < 1.29 is 4.74 Å². The third-order valence-corrected chi connectivity index (χ3v) is 5.44. The Hall–Kier alpha value is -1.38. The molecule has 1 unspecified atom stereocenters. The molecule has 1 aliphatic heterocycles. The van der Waals surface area contributed by atoms with Gasteiger partial charge < -0.3 is 4.74 Å². The fourth-order valence-electron chi connectivity index (χ4n) is 2.81. The van der Waals surface area contributed by atoms with Gasteiger partial charge in [-0.25, -0.2) is 0 Å². The zero-order valence-electron chi connectivity index (χ0n) is 11.4. The molecule has 1 fully saturated rings. The number of benzene rings is 2. The Bertz CT molecular complexity index is 527. The van der Waals surface area contributed by atoms with Crippen LogP contribution in [0.5, 0.6) is 0 Å². The van der Waals surface area contributed by atoms with Gasteiger partial charge in [0.05, 0.1) is 5.22 Å². The van der Waals surface area contributed by atoms with E-state index >= 15 is 0 Å². The van der Waals surface area contributed by atoms with E-state index in [1.807, 2.05) is 0 Å². The molecule has 0 saturated carbocycles. The minimum Gasteiger partial charge on any atom is -0.375 e. The predicted octanol–water partition coefficient (Wildman–Crippen LogP) is 3.07. The molecule has 19 heavy (non-hydrogen) atoms. The molecule has 1 atom stereocenters. The maximum Gasteiger partial charge on any atom is 0.0723 e. The predicted molar refractivity (Wildman–Crippen MR) is 83.3 cm³/mol. The van der Waals surface area contributed by atoms with Crippen LogP contribution in [-0.2, 0) is 9.96 Å². The van der Waals surface area contributed by atoms with E-state index in [0.717, 1.165) is 16.8 Å². The molecule has 1 aliphatic rings. The van der Waals surface area contributed by atoms with Crippen molar-refractivity contribution >= 4 is 10.2 Å². The highest BCUT2D eigenvalue weighted by molar-refractivity contribution is 6.14. The molecule has 0 spiro atoms. The number of hydrogen-bond donors (Lipinski definition) is 0. The van der Waals surface area contributed by atoms with Gasteiger partial charge in [-0.05, 0) is 36.0 Å². The van der Waals surface area contributed by atoms with Gasteiger partial charge in [0.25, 0.3) is 0 Å². The van der Waals surface area contributed by atoms with Crippen molar-refractivity contribution in [1.82, 2.24) is 0 Å². The maximum atomic E-state index is 6.06. The van der Waals surface area contributed by atoms with Crippen molar-refractivity contribution in [3.63, 3.8) is 0 Å². The lowest BCUT2D eigenvalue weighted by molar-refractivity contribution is -0.0210. The molecule has 0 amide bonds. The molecular formula is C17H20OSi. The van der Waals surface area contributed by atoms with Gasteiger partial charge in [0, 0.05) is 16.8 Å². The van der Waals surface area contributed by atoms with Gasteiger partial charge in [0.1, 0.15) is 0 Å². The molecule has 3 rings (SSSR count). The van der Waals surface area contributed by atoms with E-state index < -0.39 is 0 Å². The van der Waals surface area contributed by atoms with Crippen LogP contribution in [0.4, 0.5) is 0 Å². The fourth-order valence-corrected chi connectivity index (χ4v) is 3.70. The normalized spacial score (nSPS) is 23.4. The minimum absolute atomic E-state index is 0.0491. The molecule has 2 aromatic rings. The first-order chi connectivity index (χ1) is 9.28. The van der Waals surface area contributed by atoms with E-state index in [9.17, 15) is 0 Å². The summed E-state index contributed by atoms with van der Waals surface area (Å²) in [6, 6.07) is 19.5. The van der Waals surface area contributed by atoms with E-state index in [1.54, 1.807) is 0 Å². The monoisotopic (exact) mass is 268 g/mol. The number of rotatable bonds is 2. The van der Waals surface area contributed by atoms with E-state index in [1.165, 1.54) is 36.0 Å². The molecule has 2 aromatic carbocycles. The summed E-state index contributed by atoms with van der Waals surface area (Å²) >= 11 is 0. The summed E-state index contributed by atoms with van der Waals surface area (Å²) in [5, 5.41) is 0.0491. The molecule has 0 N–H and O–H groups in total. The summed E-state index contributed by atoms with van der Waals surface area (Å²) < 4.78 is 6.06. The van der Waals surface area contributed by atoms with Crippen molar-refractivity contribution in [2.45, 2.75) is 24.5 Å². The third-order valence-electron chi connectivity index (χ3n) is 4.07. The van der Waals surface area contributed by atoms with Crippen LogP contribution in [0.3, 0.4) is 0 Å². The van der Waals surface area contributed by atoms with Crippen LogP contribution in [0.15, 0.2) is 54.6 Å². The molecule has 0 radical (unpaired) electrons. The Morgan fingerprint density at radius 1 is 0.842 bits per heavy atom. The molecule has 0 aromatic heterocycles. The summed E-state index contributed by atoms with van der Waals surface area (Å²) in [7, 11) is 1.06. The number of hydrogen-bond acceptors (Lipinski definition) is 1. The van der Waals surface area contributed by atoms with E-state index in [0.29, 0.717) is 0 Å². The van der Waals surface area contributed by atoms with Crippen molar-refractivity contribution in [2.24, 2.45) is 0 Å². The standard InChI is InChI=1S/C17H20OSi/c19-17(12-4-5-13-18-17)16-10-8-15(9-11-16)14-6-2-1-3-7-14/h1-3,6-11H,4-5,12-13H2,19H3. The smallest absolute Gasteiger partial charge is 0.0723 e. The van der Waals surface area contributed by atoms with Crippen LogP contribution in [0, 0.1) is 0 Å². The fraction of sp³-hybridized carbons (Fsp3) is 0.294. The van der Waals surface area contributed by atoms with Gasteiger partial charge in [-0.15, -0.1) is 0 Å². The maximum absolute atomic E-state index is 6.06. The highest BCUT2D eigenvalue weighted by atomic mass is 28.1. The zero-order chi connectivity index (χ0) is 13.1. The summed E-state index contributed by atoms with van der Waals surface area (Å²) in [6.45, 7) is 0.921. The van der Waals surface area contributed by atoms with Crippen LogP contribution in [0.1, 0.15) is 24.8 Å². The Morgan fingerprint density at radius 3 is 2.16 bits per heavy atom. The van der Waals surface area contributed by atoms with Crippen LogP contribution in [-0.4, -0.2) is 16.8 Å². The molecular weight excluding hydrogens is 248 g/mol. The molecule has 1 heterocycles. The van der Waals surface area contributed by atoms with Gasteiger partial charge >= 0.3 is 0 Å². The molecule has 0 bridgehead atoms. The van der Waals surface area contributed by atoms with Crippen LogP contribution >= 0.6 is 0 Å². The Balaban J connectivity index is 1.87. The van der Waals surface area contributed by atoms with Crippen molar-refractivity contribution in [1.29, 1.82) is 0 Å². The molecule has 1 saturated heterocycles. The lowest BCUT2D eigenvalue weighted by atomic mass is 9.97. The largest absolute Gasteiger partial charge is 0.375 e. The van der Waals surface area contributed by atoms with Crippen LogP contribution in [0.2, 0.25) is 0 Å². The van der Waals surface area contributed by atoms with E-state index in [4.69, 9.17) is 4.74 Å². The first kappa shape index (κ1) is 12.6. The zero-order valence-corrected chi connectivity index (χ0v) is 13.4. The van der Waals surface area contributed by atoms with Gasteiger partial charge in [-0.2, -0.15) is 0 Å². The van der Waals surface area contributed by atoms with Crippen molar-refractivity contribution in [3.8, 4) is 11.1 Å². The summed E-state index contributed by atoms with van der Waals surface area (Å²) in [6.07, 6.45) is 3.69. The highest BCUT2D eigenvalue weighted by Gasteiger charge is 2.29. The average molecular weight is 268 g/mol. The Kier molecular flexibility index (Phi) is 3.54. The second-order valence-electron chi connectivity index (χ2n) is 5.48. The van der Waals surface area contributed by atoms with Gasteiger partial charge in [-0.1, -0.05) is 54.6 Å². The second kappa shape index (κ2) is 5.31. The first-order valence-electron chi connectivity index (χ1n) is 7.08. The lowest BCUT2D eigenvalue weighted by Gasteiger charge is -2.34. The second-order valence-corrected chi connectivity index (χ2v) is 7.10. The lowest BCUT2D eigenvalue weighted by Crippen LogP contribution is -2.33. The topological polar surface area (TPSA) is 9.23 Å². The minimum atomic E-state index is 0.0491. The third kappa shape index (κ3) is 2.65. The van der Waals surface area contributed by atoms with Crippen LogP contribution < -0.4 is 0 Å². The summed E-state index contributed by atoms with van der Waals surface area (Å²) in [4.78, 5) is 0.